The fourth-order valence-corrected chi connectivity index (χ4v) is 1.95. The topological polar surface area (TPSA) is 57.5 Å². The van der Waals surface area contributed by atoms with Crippen molar-refractivity contribution in [3.8, 4) is 0 Å². The lowest BCUT2D eigenvalue weighted by Crippen LogP contribution is -2.09. The van der Waals surface area contributed by atoms with Crippen LogP contribution >= 0.6 is 0 Å². The summed E-state index contributed by atoms with van der Waals surface area (Å²) in [4.78, 5) is 10.3. The third kappa shape index (κ3) is 16.6. The van der Waals surface area contributed by atoms with E-state index in [2.05, 4.69) is 25.2 Å². The maximum atomic E-state index is 10.3. The summed E-state index contributed by atoms with van der Waals surface area (Å²) in [6.07, 6.45) is 20.2. The predicted molar refractivity (Wildman–Crippen MR) is 88.3 cm³/mol. The second-order valence-corrected chi connectivity index (χ2v) is 5.20. The quantitative estimate of drug-likeness (QED) is 0.296. The molecule has 0 spiro atoms. The van der Waals surface area contributed by atoms with Crippen LogP contribution in [0.1, 0.15) is 64.7 Å². The van der Waals surface area contributed by atoms with Gasteiger partial charge in [-0.2, -0.15) is 0 Å². The lowest BCUT2D eigenvalue weighted by molar-refractivity contribution is -0.138. The standard InChI is InChI=1S/C18H30O3/c1-2-3-4-5-6-7-8-9-10-11-12-13-14-15-17(19)16-18(20)21/h3-4,12-15,17,19H,2,5-11,16H2,1H3,(H,20,21). The molecule has 0 amide bonds. The molecule has 120 valence electrons. The molecule has 0 aromatic heterocycles. The van der Waals surface area contributed by atoms with Gasteiger partial charge in [0.05, 0.1) is 12.5 Å². The first-order valence-corrected chi connectivity index (χ1v) is 8.05. The molecular formula is C18H30O3. The number of rotatable bonds is 13. The van der Waals surface area contributed by atoms with E-state index >= 15 is 0 Å². The van der Waals surface area contributed by atoms with E-state index in [-0.39, 0.29) is 6.42 Å². The van der Waals surface area contributed by atoms with Crippen molar-refractivity contribution in [3.05, 3.63) is 36.5 Å². The van der Waals surface area contributed by atoms with E-state index in [0.29, 0.717) is 0 Å². The number of carbonyl (C=O) groups is 1. The largest absolute Gasteiger partial charge is 0.481 e. The first kappa shape index (κ1) is 19.7. The van der Waals surface area contributed by atoms with E-state index in [1.165, 1.54) is 44.6 Å². The third-order valence-electron chi connectivity index (χ3n) is 3.11. The summed E-state index contributed by atoms with van der Waals surface area (Å²) in [5.74, 6) is -0.985. The molecule has 1 unspecified atom stereocenters. The smallest absolute Gasteiger partial charge is 0.306 e. The second kappa shape index (κ2) is 15.0. The van der Waals surface area contributed by atoms with Crippen LogP contribution in [0.4, 0.5) is 0 Å². The van der Waals surface area contributed by atoms with Crippen molar-refractivity contribution in [2.24, 2.45) is 0 Å². The Morgan fingerprint density at radius 1 is 0.952 bits per heavy atom. The number of aliphatic hydroxyl groups excluding tert-OH is 1. The van der Waals surface area contributed by atoms with Crippen LogP contribution < -0.4 is 0 Å². The molecule has 0 saturated carbocycles. The summed E-state index contributed by atoms with van der Waals surface area (Å²) >= 11 is 0. The fourth-order valence-electron chi connectivity index (χ4n) is 1.95. The van der Waals surface area contributed by atoms with E-state index < -0.39 is 12.1 Å². The summed E-state index contributed by atoms with van der Waals surface area (Å²) in [5, 5.41) is 17.8. The molecule has 2 N–H and O–H groups in total. The maximum Gasteiger partial charge on any atom is 0.306 e. The summed E-state index contributed by atoms with van der Waals surface area (Å²) in [7, 11) is 0. The van der Waals surface area contributed by atoms with Crippen molar-refractivity contribution in [3.63, 3.8) is 0 Å². The molecule has 0 aliphatic carbocycles. The second-order valence-electron chi connectivity index (χ2n) is 5.20. The highest BCUT2D eigenvalue weighted by atomic mass is 16.4. The zero-order valence-electron chi connectivity index (χ0n) is 13.2. The van der Waals surface area contributed by atoms with Crippen molar-refractivity contribution >= 4 is 5.97 Å². The van der Waals surface area contributed by atoms with Gasteiger partial charge in [-0.3, -0.25) is 4.79 Å². The minimum Gasteiger partial charge on any atom is -0.481 e. The van der Waals surface area contributed by atoms with E-state index in [9.17, 15) is 9.90 Å². The summed E-state index contributed by atoms with van der Waals surface area (Å²) in [6, 6.07) is 0. The molecule has 3 nitrogen and oxygen atoms in total. The minimum absolute atomic E-state index is 0.238. The highest BCUT2D eigenvalue weighted by Gasteiger charge is 2.03. The van der Waals surface area contributed by atoms with Crippen LogP contribution in [-0.2, 0) is 4.79 Å². The fraction of sp³-hybridized carbons (Fsp3) is 0.611. The van der Waals surface area contributed by atoms with Crippen molar-refractivity contribution in [2.75, 3.05) is 0 Å². The molecule has 0 aromatic carbocycles. The molecular weight excluding hydrogens is 264 g/mol. The molecule has 0 aliphatic rings. The van der Waals surface area contributed by atoms with Gasteiger partial charge < -0.3 is 10.2 Å². The van der Waals surface area contributed by atoms with Crippen molar-refractivity contribution < 1.29 is 15.0 Å². The molecule has 0 radical (unpaired) electrons. The average Bonchev–Trinajstić information content (AvgIpc) is 2.43. The Morgan fingerprint density at radius 2 is 1.57 bits per heavy atom. The molecule has 3 heteroatoms. The van der Waals surface area contributed by atoms with E-state index in [1.807, 2.05) is 6.08 Å². The SMILES string of the molecule is CCC=CCCCCCCCC=CC=CC(O)CC(=O)O. The first-order chi connectivity index (χ1) is 10.2. The molecule has 0 saturated heterocycles. The van der Waals surface area contributed by atoms with Crippen LogP contribution in [-0.4, -0.2) is 22.3 Å². The van der Waals surface area contributed by atoms with Gasteiger partial charge in [-0.05, 0) is 32.1 Å². The number of carboxylic acids is 1. The predicted octanol–water partition coefficient (Wildman–Crippen LogP) is 4.63. The molecule has 0 aromatic rings. The monoisotopic (exact) mass is 294 g/mol. The Kier molecular flexibility index (Phi) is 14.1. The van der Waals surface area contributed by atoms with Gasteiger partial charge in [0.1, 0.15) is 0 Å². The van der Waals surface area contributed by atoms with Crippen molar-refractivity contribution in [2.45, 2.75) is 70.8 Å². The zero-order valence-corrected chi connectivity index (χ0v) is 13.2. The molecule has 0 aliphatic heterocycles. The van der Waals surface area contributed by atoms with Gasteiger partial charge in [-0.1, -0.05) is 62.6 Å². The van der Waals surface area contributed by atoms with Crippen LogP contribution in [0.3, 0.4) is 0 Å². The number of hydrogen-bond donors (Lipinski definition) is 2. The molecule has 0 rings (SSSR count). The first-order valence-electron chi connectivity index (χ1n) is 8.05. The van der Waals surface area contributed by atoms with Gasteiger partial charge in [0.2, 0.25) is 0 Å². The summed E-state index contributed by atoms with van der Waals surface area (Å²) in [6.45, 7) is 2.16. The summed E-state index contributed by atoms with van der Waals surface area (Å²) < 4.78 is 0. The Balaban J connectivity index is 3.38. The number of hydrogen-bond acceptors (Lipinski definition) is 2. The Bertz CT molecular complexity index is 329. The van der Waals surface area contributed by atoms with Gasteiger partial charge in [-0.25, -0.2) is 0 Å². The Morgan fingerprint density at radius 3 is 2.19 bits per heavy atom. The molecule has 1 atom stereocenters. The summed E-state index contributed by atoms with van der Waals surface area (Å²) in [5.41, 5.74) is 0. The Hall–Kier alpha value is -1.35. The van der Waals surface area contributed by atoms with Crippen LogP contribution in [0.25, 0.3) is 0 Å². The molecule has 0 fully saturated rings. The number of allylic oxidation sites excluding steroid dienone is 5. The minimum atomic E-state index is -0.985. The number of aliphatic hydroxyl groups is 1. The van der Waals surface area contributed by atoms with Gasteiger partial charge in [0.15, 0.2) is 0 Å². The lowest BCUT2D eigenvalue weighted by atomic mass is 10.1. The number of aliphatic carboxylic acids is 1. The van der Waals surface area contributed by atoms with Crippen molar-refractivity contribution in [1.29, 1.82) is 0 Å². The molecule has 0 heterocycles. The average molecular weight is 294 g/mol. The number of unbranched alkanes of at least 4 members (excludes halogenated alkanes) is 6. The van der Waals surface area contributed by atoms with Gasteiger partial charge in [0, 0.05) is 0 Å². The zero-order chi connectivity index (χ0) is 15.8. The van der Waals surface area contributed by atoms with Crippen LogP contribution in [0.5, 0.6) is 0 Å². The van der Waals surface area contributed by atoms with E-state index in [4.69, 9.17) is 5.11 Å². The van der Waals surface area contributed by atoms with Crippen LogP contribution in [0.15, 0.2) is 36.5 Å². The molecule has 21 heavy (non-hydrogen) atoms. The maximum absolute atomic E-state index is 10.3. The van der Waals surface area contributed by atoms with Crippen molar-refractivity contribution in [1.82, 2.24) is 0 Å². The molecule has 0 bridgehead atoms. The van der Waals surface area contributed by atoms with Gasteiger partial charge in [-0.15, -0.1) is 0 Å². The number of carboxylic acid groups (broad SMARTS) is 1. The van der Waals surface area contributed by atoms with Gasteiger partial charge in [0.25, 0.3) is 0 Å². The highest BCUT2D eigenvalue weighted by Crippen LogP contribution is 2.08. The van der Waals surface area contributed by atoms with Crippen LogP contribution in [0, 0.1) is 0 Å². The van der Waals surface area contributed by atoms with Gasteiger partial charge >= 0.3 is 5.97 Å². The van der Waals surface area contributed by atoms with E-state index in [1.54, 1.807) is 6.08 Å². The normalized spacial score (nSPS) is 13.6. The van der Waals surface area contributed by atoms with E-state index in [0.717, 1.165) is 12.8 Å². The van der Waals surface area contributed by atoms with Crippen LogP contribution in [0.2, 0.25) is 0 Å². The third-order valence-corrected chi connectivity index (χ3v) is 3.11. The Labute approximate surface area is 129 Å². The lowest BCUT2D eigenvalue weighted by Gasteiger charge is -1.99. The highest BCUT2D eigenvalue weighted by molar-refractivity contribution is 5.67.